The van der Waals surface area contributed by atoms with E-state index in [9.17, 15) is 4.57 Å². The Morgan fingerprint density at radius 1 is 0.714 bits per heavy atom. The maximum atomic E-state index is 12.9. The quantitative estimate of drug-likeness (QED) is 0.362. The van der Waals surface area contributed by atoms with Gasteiger partial charge in [-0.1, -0.05) is 53.4 Å². The Morgan fingerprint density at radius 2 is 1.05 bits per heavy atom. The first-order chi connectivity index (χ1) is 10.0. The molecule has 0 aromatic carbocycles. The molecule has 21 heavy (non-hydrogen) atoms. The normalized spacial score (nSPS) is 12.5. The molecule has 0 saturated heterocycles. The highest BCUT2D eigenvalue weighted by Gasteiger charge is 2.32. The van der Waals surface area contributed by atoms with E-state index in [-0.39, 0.29) is 12.2 Å². The first kappa shape index (κ1) is 21.1. The van der Waals surface area contributed by atoms with Crippen LogP contribution < -0.4 is 0 Å². The third kappa shape index (κ3) is 9.67. The van der Waals surface area contributed by atoms with Gasteiger partial charge in [-0.3, -0.25) is 13.6 Å². The number of hydrogen-bond acceptors (Lipinski definition) is 4. The number of rotatable bonds is 14. The number of hydrogen-bond donors (Lipinski definition) is 0. The van der Waals surface area contributed by atoms with E-state index in [0.29, 0.717) is 6.61 Å². The SMILES string of the molecule is CCCC(CCC)OP(=O)(OCC)OC(CCC)CCC. The summed E-state index contributed by atoms with van der Waals surface area (Å²) in [4.78, 5) is 0. The van der Waals surface area contributed by atoms with Crippen LogP contribution in [0.3, 0.4) is 0 Å². The minimum absolute atomic E-state index is 0.0405. The van der Waals surface area contributed by atoms with E-state index in [2.05, 4.69) is 27.7 Å². The molecule has 0 heterocycles. The van der Waals surface area contributed by atoms with Crippen molar-refractivity contribution in [3.05, 3.63) is 0 Å². The van der Waals surface area contributed by atoms with Gasteiger partial charge in [-0.2, -0.15) is 0 Å². The van der Waals surface area contributed by atoms with Gasteiger partial charge in [0.05, 0.1) is 18.8 Å². The van der Waals surface area contributed by atoms with Gasteiger partial charge in [0.1, 0.15) is 0 Å². The molecule has 0 amide bonds. The fraction of sp³-hybridized carbons (Fsp3) is 1.00. The molecule has 0 spiro atoms. The van der Waals surface area contributed by atoms with Crippen LogP contribution in [0.2, 0.25) is 0 Å². The molecule has 0 unspecified atom stereocenters. The molecular formula is C16H35O4P. The molecule has 0 aliphatic rings. The Labute approximate surface area is 131 Å². The molecule has 0 fully saturated rings. The zero-order valence-corrected chi connectivity index (χ0v) is 15.5. The van der Waals surface area contributed by atoms with Crippen LogP contribution in [-0.4, -0.2) is 18.8 Å². The van der Waals surface area contributed by atoms with Crippen molar-refractivity contribution in [3.8, 4) is 0 Å². The Balaban J connectivity index is 4.80. The van der Waals surface area contributed by atoms with Crippen molar-refractivity contribution in [3.63, 3.8) is 0 Å². The van der Waals surface area contributed by atoms with E-state index in [4.69, 9.17) is 13.6 Å². The highest BCUT2D eigenvalue weighted by molar-refractivity contribution is 7.48. The second kappa shape index (κ2) is 12.6. The van der Waals surface area contributed by atoms with Gasteiger partial charge in [0.2, 0.25) is 0 Å². The molecule has 0 bridgehead atoms. The molecule has 128 valence electrons. The lowest BCUT2D eigenvalue weighted by Gasteiger charge is -2.27. The zero-order valence-electron chi connectivity index (χ0n) is 14.6. The smallest absolute Gasteiger partial charge is 0.287 e. The van der Waals surface area contributed by atoms with Crippen LogP contribution in [0.15, 0.2) is 0 Å². The summed E-state index contributed by atoms with van der Waals surface area (Å²) in [6, 6.07) is 0. The van der Waals surface area contributed by atoms with E-state index in [1.165, 1.54) is 0 Å². The van der Waals surface area contributed by atoms with E-state index in [1.807, 2.05) is 6.92 Å². The molecule has 0 N–H and O–H groups in total. The Morgan fingerprint density at radius 3 is 1.29 bits per heavy atom. The van der Waals surface area contributed by atoms with Crippen LogP contribution in [-0.2, 0) is 18.1 Å². The van der Waals surface area contributed by atoms with Gasteiger partial charge in [0, 0.05) is 0 Å². The lowest BCUT2D eigenvalue weighted by molar-refractivity contribution is 0.0430. The van der Waals surface area contributed by atoms with Crippen LogP contribution in [0.25, 0.3) is 0 Å². The average molecular weight is 322 g/mol. The van der Waals surface area contributed by atoms with Crippen molar-refractivity contribution < 1.29 is 18.1 Å². The van der Waals surface area contributed by atoms with E-state index >= 15 is 0 Å². The van der Waals surface area contributed by atoms with Crippen molar-refractivity contribution in [2.45, 2.75) is 98.2 Å². The van der Waals surface area contributed by atoms with Crippen LogP contribution in [0.5, 0.6) is 0 Å². The molecule has 4 nitrogen and oxygen atoms in total. The largest absolute Gasteiger partial charge is 0.475 e. The second-order valence-corrected chi connectivity index (χ2v) is 7.05. The lowest BCUT2D eigenvalue weighted by Crippen LogP contribution is -2.18. The first-order valence-electron chi connectivity index (χ1n) is 8.66. The summed E-state index contributed by atoms with van der Waals surface area (Å²) in [5.74, 6) is 0. The zero-order chi connectivity index (χ0) is 16.1. The molecule has 0 rings (SSSR count). The molecule has 0 aromatic heterocycles. The molecule has 0 atom stereocenters. The third-order valence-corrected chi connectivity index (χ3v) is 4.97. The van der Waals surface area contributed by atoms with Gasteiger partial charge in [0.25, 0.3) is 0 Å². The van der Waals surface area contributed by atoms with Crippen molar-refractivity contribution in [2.24, 2.45) is 0 Å². The van der Waals surface area contributed by atoms with Crippen LogP contribution in [0.1, 0.15) is 86.0 Å². The maximum absolute atomic E-state index is 12.9. The number of phosphoric acid groups is 1. The minimum atomic E-state index is -3.45. The lowest BCUT2D eigenvalue weighted by atomic mass is 10.1. The number of phosphoric ester groups is 1. The summed E-state index contributed by atoms with van der Waals surface area (Å²) in [6.07, 6.45) is 7.49. The van der Waals surface area contributed by atoms with Crippen LogP contribution in [0.4, 0.5) is 0 Å². The topological polar surface area (TPSA) is 44.8 Å². The molecule has 0 aromatic rings. The highest BCUT2D eigenvalue weighted by atomic mass is 31.2. The minimum Gasteiger partial charge on any atom is -0.287 e. The molecular weight excluding hydrogens is 287 g/mol. The molecule has 0 aliphatic carbocycles. The van der Waals surface area contributed by atoms with Gasteiger partial charge in [0.15, 0.2) is 0 Å². The standard InChI is InChI=1S/C16H35O4P/c1-6-11-15(12-7-2)19-21(17,18-10-5)20-16(13-8-3)14-9-4/h15-16H,6-14H2,1-5H3. The molecule has 5 heteroatoms. The van der Waals surface area contributed by atoms with Gasteiger partial charge < -0.3 is 0 Å². The van der Waals surface area contributed by atoms with E-state index in [1.54, 1.807) is 0 Å². The van der Waals surface area contributed by atoms with Crippen molar-refractivity contribution in [2.75, 3.05) is 6.61 Å². The fourth-order valence-electron chi connectivity index (χ4n) is 2.40. The summed E-state index contributed by atoms with van der Waals surface area (Å²) in [7, 11) is -3.45. The van der Waals surface area contributed by atoms with Gasteiger partial charge in [-0.05, 0) is 32.6 Å². The molecule has 0 radical (unpaired) electrons. The molecule has 0 saturated carbocycles. The van der Waals surface area contributed by atoms with Crippen LogP contribution in [0, 0.1) is 0 Å². The Kier molecular flexibility index (Phi) is 12.7. The second-order valence-electron chi connectivity index (χ2n) is 5.47. The predicted molar refractivity (Wildman–Crippen MR) is 88.6 cm³/mol. The Bertz CT molecular complexity index is 249. The van der Waals surface area contributed by atoms with E-state index < -0.39 is 7.82 Å². The monoisotopic (exact) mass is 322 g/mol. The van der Waals surface area contributed by atoms with Crippen molar-refractivity contribution in [1.29, 1.82) is 0 Å². The average Bonchev–Trinajstić information content (AvgIpc) is 2.39. The third-order valence-electron chi connectivity index (χ3n) is 3.29. The van der Waals surface area contributed by atoms with Crippen molar-refractivity contribution in [1.82, 2.24) is 0 Å². The van der Waals surface area contributed by atoms with Gasteiger partial charge >= 0.3 is 7.82 Å². The summed E-state index contributed by atoms with van der Waals surface area (Å²) >= 11 is 0. The molecule has 0 aliphatic heterocycles. The first-order valence-corrected chi connectivity index (χ1v) is 10.1. The van der Waals surface area contributed by atoms with E-state index in [0.717, 1.165) is 51.4 Å². The van der Waals surface area contributed by atoms with Crippen molar-refractivity contribution >= 4 is 7.82 Å². The Hall–Kier alpha value is 0.110. The maximum Gasteiger partial charge on any atom is 0.475 e. The summed E-state index contributed by atoms with van der Waals surface area (Å²) in [5, 5.41) is 0. The van der Waals surface area contributed by atoms with Gasteiger partial charge in [-0.15, -0.1) is 0 Å². The van der Waals surface area contributed by atoms with Gasteiger partial charge in [-0.25, -0.2) is 4.57 Å². The fourth-order valence-corrected chi connectivity index (χ4v) is 4.04. The summed E-state index contributed by atoms with van der Waals surface area (Å²) in [5.41, 5.74) is 0. The predicted octanol–water partition coefficient (Wildman–Crippen LogP) is 6.10. The summed E-state index contributed by atoms with van der Waals surface area (Å²) in [6.45, 7) is 10.6. The summed E-state index contributed by atoms with van der Waals surface area (Å²) < 4.78 is 29.8. The highest BCUT2D eigenvalue weighted by Crippen LogP contribution is 2.53. The van der Waals surface area contributed by atoms with Crippen LogP contribution >= 0.6 is 7.82 Å².